The molecule has 1 aliphatic carbocycles. The Morgan fingerprint density at radius 3 is 2.48 bits per heavy atom. The molecule has 1 N–H and O–H groups in total. The minimum absolute atomic E-state index is 0.111. The third-order valence-corrected chi connectivity index (χ3v) is 7.83. The number of ether oxygens (including phenoxy) is 1. The molecule has 29 heavy (non-hydrogen) atoms. The highest BCUT2D eigenvalue weighted by molar-refractivity contribution is 7.89. The molecular weight excluding hydrogens is 392 g/mol. The average molecular weight is 423 g/mol. The van der Waals surface area contributed by atoms with E-state index in [0.717, 1.165) is 24.8 Å². The van der Waals surface area contributed by atoms with E-state index in [9.17, 15) is 18.0 Å². The maximum atomic E-state index is 12.9. The van der Waals surface area contributed by atoms with Crippen molar-refractivity contribution in [3.8, 4) is 0 Å². The third kappa shape index (κ3) is 5.17. The summed E-state index contributed by atoms with van der Waals surface area (Å²) in [6.45, 7) is 3.88. The molecule has 8 heteroatoms. The van der Waals surface area contributed by atoms with Crippen molar-refractivity contribution in [2.45, 2.75) is 69.4 Å². The molecule has 0 radical (unpaired) electrons. The minimum atomic E-state index is -3.79. The number of nitrogens with zero attached hydrogens (tertiary/aromatic N) is 1. The monoisotopic (exact) mass is 422 g/mol. The van der Waals surface area contributed by atoms with Crippen molar-refractivity contribution in [2.75, 3.05) is 13.2 Å². The van der Waals surface area contributed by atoms with E-state index in [1.54, 1.807) is 24.3 Å². The summed E-state index contributed by atoms with van der Waals surface area (Å²) in [5.41, 5.74) is 0.958. The first-order valence-corrected chi connectivity index (χ1v) is 11.8. The van der Waals surface area contributed by atoms with Crippen molar-refractivity contribution in [2.24, 2.45) is 5.92 Å². The first-order valence-electron chi connectivity index (χ1n) is 10.3. The van der Waals surface area contributed by atoms with Crippen LogP contribution >= 0.6 is 0 Å². The fourth-order valence-corrected chi connectivity index (χ4v) is 5.77. The van der Waals surface area contributed by atoms with Gasteiger partial charge in [0.05, 0.1) is 4.90 Å². The molecule has 1 aliphatic heterocycles. The maximum absolute atomic E-state index is 12.9. The van der Waals surface area contributed by atoms with E-state index in [1.165, 1.54) is 10.7 Å². The zero-order valence-corrected chi connectivity index (χ0v) is 17.9. The van der Waals surface area contributed by atoms with Crippen molar-refractivity contribution in [3.63, 3.8) is 0 Å². The summed E-state index contributed by atoms with van der Waals surface area (Å²) in [6, 6.07) is 5.77. The van der Waals surface area contributed by atoms with Gasteiger partial charge in [-0.25, -0.2) is 8.42 Å². The van der Waals surface area contributed by atoms with E-state index in [0.29, 0.717) is 18.8 Å². The maximum Gasteiger partial charge on any atom is 0.324 e. The summed E-state index contributed by atoms with van der Waals surface area (Å²) < 4.78 is 32.3. The van der Waals surface area contributed by atoms with Crippen LogP contribution in [0.4, 0.5) is 0 Å². The SMILES string of the molecule is Cc1ccc(S(=O)(=O)N2CCC[C@H]2C(=O)OCC(=O)NC2CCCCC2C)cc1. The number of amides is 1. The molecule has 1 aromatic rings. The molecule has 0 spiro atoms. The zero-order chi connectivity index (χ0) is 21.0. The topological polar surface area (TPSA) is 92.8 Å². The van der Waals surface area contributed by atoms with Crippen molar-refractivity contribution in [1.82, 2.24) is 9.62 Å². The van der Waals surface area contributed by atoms with Crippen molar-refractivity contribution >= 4 is 21.9 Å². The van der Waals surface area contributed by atoms with Gasteiger partial charge in [-0.3, -0.25) is 9.59 Å². The highest BCUT2D eigenvalue weighted by Gasteiger charge is 2.40. The molecule has 2 aliphatic rings. The van der Waals surface area contributed by atoms with Crippen LogP contribution in [-0.2, 0) is 24.3 Å². The van der Waals surface area contributed by atoms with E-state index >= 15 is 0 Å². The first kappa shape index (κ1) is 21.8. The lowest BCUT2D eigenvalue weighted by molar-refractivity contribution is -0.152. The van der Waals surface area contributed by atoms with Crippen LogP contribution in [0, 0.1) is 12.8 Å². The third-order valence-electron chi connectivity index (χ3n) is 5.91. The molecule has 0 aromatic heterocycles. The summed E-state index contributed by atoms with van der Waals surface area (Å²) in [5, 5.41) is 2.94. The number of hydrogen-bond donors (Lipinski definition) is 1. The molecule has 2 unspecified atom stereocenters. The highest BCUT2D eigenvalue weighted by Crippen LogP contribution is 2.27. The van der Waals surface area contributed by atoms with Gasteiger partial charge in [-0.05, 0) is 50.7 Å². The molecule has 0 bridgehead atoms. The number of carbonyl (C=O) groups is 2. The highest BCUT2D eigenvalue weighted by atomic mass is 32.2. The molecule has 1 saturated heterocycles. The Kier molecular flexibility index (Phi) is 6.95. The van der Waals surface area contributed by atoms with Gasteiger partial charge in [-0.2, -0.15) is 4.31 Å². The van der Waals surface area contributed by atoms with Gasteiger partial charge in [-0.1, -0.05) is 37.5 Å². The molecular formula is C21H30N2O5S. The molecule has 7 nitrogen and oxygen atoms in total. The minimum Gasteiger partial charge on any atom is -0.454 e. The number of nitrogens with one attached hydrogen (secondary N) is 1. The van der Waals surface area contributed by atoms with Crippen LogP contribution in [0.2, 0.25) is 0 Å². The standard InChI is InChI=1S/C21H30N2O5S/c1-15-9-11-17(12-10-15)29(26,27)23-13-5-8-19(23)21(25)28-14-20(24)22-18-7-4-3-6-16(18)2/h9-12,16,18-19H,3-8,13-14H2,1-2H3,(H,22,24)/t16?,18?,19-/m0/s1. The fraction of sp³-hybridized carbons (Fsp3) is 0.619. The van der Waals surface area contributed by atoms with Crippen LogP contribution in [0.1, 0.15) is 51.0 Å². The Morgan fingerprint density at radius 2 is 1.79 bits per heavy atom. The Bertz CT molecular complexity index is 837. The normalized spacial score (nSPS) is 25.5. The Morgan fingerprint density at radius 1 is 1.10 bits per heavy atom. The largest absolute Gasteiger partial charge is 0.454 e. The number of carbonyl (C=O) groups excluding carboxylic acids is 2. The van der Waals surface area contributed by atoms with Gasteiger partial charge in [0, 0.05) is 12.6 Å². The van der Waals surface area contributed by atoms with Crippen LogP contribution in [-0.4, -0.2) is 49.8 Å². The number of hydrogen-bond acceptors (Lipinski definition) is 5. The number of rotatable bonds is 6. The van der Waals surface area contributed by atoms with Gasteiger partial charge in [0.25, 0.3) is 5.91 Å². The van der Waals surface area contributed by atoms with Crippen LogP contribution in [0.3, 0.4) is 0 Å². The van der Waals surface area contributed by atoms with Gasteiger partial charge in [0.1, 0.15) is 6.04 Å². The first-order chi connectivity index (χ1) is 13.8. The van der Waals surface area contributed by atoms with Gasteiger partial charge in [-0.15, -0.1) is 0 Å². The van der Waals surface area contributed by atoms with Gasteiger partial charge in [0.15, 0.2) is 6.61 Å². The zero-order valence-electron chi connectivity index (χ0n) is 17.1. The number of aryl methyl sites for hydroxylation is 1. The smallest absolute Gasteiger partial charge is 0.324 e. The van der Waals surface area contributed by atoms with E-state index in [1.807, 2.05) is 6.92 Å². The van der Waals surface area contributed by atoms with Crippen LogP contribution < -0.4 is 5.32 Å². The quantitative estimate of drug-likeness (QED) is 0.711. The summed E-state index contributed by atoms with van der Waals surface area (Å²) in [4.78, 5) is 24.9. The van der Waals surface area contributed by atoms with Gasteiger partial charge in [0.2, 0.25) is 10.0 Å². The van der Waals surface area contributed by atoms with Crippen LogP contribution in [0.25, 0.3) is 0 Å². The Hall–Kier alpha value is -1.93. The Labute approximate surface area is 172 Å². The van der Waals surface area contributed by atoms with E-state index in [-0.39, 0.29) is 30.0 Å². The summed E-state index contributed by atoms with van der Waals surface area (Å²) in [5.74, 6) is -0.582. The molecule has 1 heterocycles. The molecule has 1 aromatic carbocycles. The molecule has 160 valence electrons. The van der Waals surface area contributed by atoms with Crippen molar-refractivity contribution < 1.29 is 22.7 Å². The second kappa shape index (κ2) is 9.26. The Balaban J connectivity index is 1.58. The van der Waals surface area contributed by atoms with E-state index in [2.05, 4.69) is 12.2 Å². The second-order valence-electron chi connectivity index (χ2n) is 8.13. The second-order valence-corrected chi connectivity index (χ2v) is 10.0. The van der Waals surface area contributed by atoms with Crippen molar-refractivity contribution in [3.05, 3.63) is 29.8 Å². The summed E-state index contributed by atoms with van der Waals surface area (Å²) in [6.07, 6.45) is 5.25. The summed E-state index contributed by atoms with van der Waals surface area (Å²) in [7, 11) is -3.79. The lowest BCUT2D eigenvalue weighted by Crippen LogP contribution is -2.45. The number of esters is 1. The van der Waals surface area contributed by atoms with Crippen LogP contribution in [0.15, 0.2) is 29.2 Å². The average Bonchev–Trinajstić information content (AvgIpc) is 3.19. The lowest BCUT2D eigenvalue weighted by Gasteiger charge is -2.29. The molecule has 2 fully saturated rings. The molecule has 1 saturated carbocycles. The lowest BCUT2D eigenvalue weighted by atomic mass is 9.86. The van der Waals surface area contributed by atoms with Crippen molar-refractivity contribution in [1.29, 1.82) is 0 Å². The number of benzene rings is 1. The van der Waals surface area contributed by atoms with Crippen LogP contribution in [0.5, 0.6) is 0 Å². The van der Waals surface area contributed by atoms with Gasteiger partial charge < -0.3 is 10.1 Å². The molecule has 3 rings (SSSR count). The number of sulfonamides is 1. The molecule has 1 amide bonds. The fourth-order valence-electron chi connectivity index (χ4n) is 4.12. The van der Waals surface area contributed by atoms with E-state index < -0.39 is 22.0 Å². The predicted octanol–water partition coefficient (Wildman–Crippen LogP) is 2.39. The summed E-state index contributed by atoms with van der Waals surface area (Å²) >= 11 is 0. The van der Waals surface area contributed by atoms with Gasteiger partial charge >= 0.3 is 5.97 Å². The predicted molar refractivity (Wildman–Crippen MR) is 109 cm³/mol. The molecule has 3 atom stereocenters. The van der Waals surface area contributed by atoms with E-state index in [4.69, 9.17) is 4.74 Å².